The summed E-state index contributed by atoms with van der Waals surface area (Å²) in [5.74, 6) is -10.7. The van der Waals surface area contributed by atoms with Gasteiger partial charge in [-0.3, -0.25) is 53.0 Å². The van der Waals surface area contributed by atoms with Crippen LogP contribution in [0.1, 0.15) is 103 Å². The molecule has 0 fully saturated rings. The average Bonchev–Trinajstić information content (AvgIpc) is 3.58. The van der Waals surface area contributed by atoms with Crippen molar-refractivity contribution in [2.75, 3.05) is 0 Å². The number of carbonyl (C=O) groups excluding carboxylic acids is 9. The molecule has 4 rings (SSSR count). The molecular formula is C55H72N10O18S. The van der Waals surface area contributed by atoms with Crippen LogP contribution in [0.15, 0.2) is 85.1 Å². The lowest BCUT2D eigenvalue weighted by molar-refractivity contribution is -0.141. The molecule has 0 radical (unpaired) electrons. The zero-order chi connectivity index (χ0) is 62.3. The van der Waals surface area contributed by atoms with E-state index in [-0.39, 0.29) is 43.4 Å². The van der Waals surface area contributed by atoms with Crippen LogP contribution < -0.4 is 52.5 Å². The van der Waals surface area contributed by atoms with Crippen molar-refractivity contribution in [3.8, 4) is 5.75 Å². The Labute approximate surface area is 483 Å². The van der Waals surface area contributed by atoms with E-state index < -0.39 is 143 Å². The second kappa shape index (κ2) is 31.9. The van der Waals surface area contributed by atoms with Crippen LogP contribution in [-0.4, -0.2) is 141 Å². The van der Waals surface area contributed by atoms with E-state index in [0.717, 1.165) is 12.1 Å². The third kappa shape index (κ3) is 23.4. The Morgan fingerprint density at radius 1 is 0.560 bits per heavy atom. The van der Waals surface area contributed by atoms with Crippen LogP contribution in [0.3, 0.4) is 0 Å². The zero-order valence-corrected chi connectivity index (χ0v) is 47.7. The summed E-state index contributed by atoms with van der Waals surface area (Å²) in [6, 6.07) is 7.78. The zero-order valence-electron chi connectivity index (χ0n) is 46.9. The number of amides is 10. The van der Waals surface area contributed by atoms with Gasteiger partial charge in [-0.2, -0.15) is 8.42 Å². The summed E-state index contributed by atoms with van der Waals surface area (Å²) in [6.07, 6.45) is -0.870. The molecule has 0 aliphatic carbocycles. The number of nitrogens with two attached hydrogens (primary N) is 1. The molecule has 29 heteroatoms. The van der Waals surface area contributed by atoms with Gasteiger partial charge in [0.2, 0.25) is 35.4 Å². The molecule has 4 aromatic rings. The minimum Gasteiger partial charge on any atom is -0.481 e. The van der Waals surface area contributed by atoms with Crippen molar-refractivity contribution in [1.29, 1.82) is 0 Å². The molecule has 7 atom stereocenters. The van der Waals surface area contributed by atoms with Gasteiger partial charge in [-0.1, -0.05) is 100 Å². The van der Waals surface area contributed by atoms with Gasteiger partial charge in [-0.15, -0.1) is 0 Å². The predicted molar refractivity (Wildman–Crippen MR) is 300 cm³/mol. The lowest BCUT2D eigenvalue weighted by atomic mass is 10.0. The fraction of sp³-hybridized carbons (Fsp3) is 0.436. The fourth-order valence-corrected chi connectivity index (χ4v) is 8.73. The second-order valence-electron chi connectivity index (χ2n) is 20.5. The molecule has 0 spiro atoms. The maximum atomic E-state index is 14.5. The SMILES string of the molecule is CCCC[C@H](NC(=O)[C@H](Cc1ccc(OS(=O)(=O)O)cc1)NC(=O)[C@H](CC(=O)O)NC(=O)OC(C)(C)C)C(=O)NC(=O)N[C@@H](Cc1c[nH]c2ccccc12)C(=O)N[C@@H](CCCC)C(=O)N[C@@H](CC(=O)O)C(=O)N[C@@H](Cc1ccccc1)C(N)=O. The smallest absolute Gasteiger partial charge is 0.446 e. The number of ether oxygens (including phenoxy) is 1. The number of imide groups is 1. The summed E-state index contributed by atoms with van der Waals surface area (Å²) in [6.45, 7) is 8.10. The molecule has 84 heavy (non-hydrogen) atoms. The Morgan fingerprint density at radius 2 is 1.01 bits per heavy atom. The minimum absolute atomic E-state index is 0.0492. The summed E-state index contributed by atoms with van der Waals surface area (Å²) in [5, 5.41) is 39.1. The highest BCUT2D eigenvalue weighted by Crippen LogP contribution is 2.20. The van der Waals surface area contributed by atoms with E-state index in [1.54, 1.807) is 74.6 Å². The van der Waals surface area contributed by atoms with Gasteiger partial charge in [-0.25, -0.2) is 9.59 Å². The third-order valence-electron chi connectivity index (χ3n) is 12.5. The normalized spacial score (nSPS) is 13.8. The molecule has 14 N–H and O–H groups in total. The number of aromatic nitrogens is 1. The number of fused-ring (bicyclic) bond motifs is 1. The molecule has 3 aromatic carbocycles. The molecule has 0 saturated carbocycles. The van der Waals surface area contributed by atoms with Gasteiger partial charge in [0.15, 0.2) is 0 Å². The highest BCUT2D eigenvalue weighted by molar-refractivity contribution is 7.81. The Hall–Kier alpha value is -9.12. The molecule has 1 heterocycles. The number of aromatic amines is 1. The van der Waals surface area contributed by atoms with Crippen LogP contribution in [0.5, 0.6) is 5.75 Å². The Bertz CT molecular complexity index is 3100. The van der Waals surface area contributed by atoms with E-state index in [2.05, 4.69) is 51.7 Å². The number of hydrogen-bond acceptors (Lipinski definition) is 15. The lowest BCUT2D eigenvalue weighted by Gasteiger charge is -2.27. The number of benzene rings is 3. The number of alkyl carbamates (subject to hydrolysis) is 1. The molecule has 0 unspecified atom stereocenters. The summed E-state index contributed by atoms with van der Waals surface area (Å²) in [4.78, 5) is 150. The first kappa shape index (κ1) is 67.4. The number of primary amides is 1. The number of carboxylic acid groups (broad SMARTS) is 2. The highest BCUT2D eigenvalue weighted by Gasteiger charge is 2.35. The van der Waals surface area contributed by atoms with Crippen molar-refractivity contribution < 1.29 is 84.8 Å². The molecule has 456 valence electrons. The van der Waals surface area contributed by atoms with Gasteiger partial charge >= 0.3 is 34.5 Å². The highest BCUT2D eigenvalue weighted by atomic mass is 32.3. The minimum atomic E-state index is -4.94. The first-order valence-corrected chi connectivity index (χ1v) is 28.1. The first-order valence-electron chi connectivity index (χ1n) is 26.7. The Morgan fingerprint density at radius 3 is 1.55 bits per heavy atom. The molecule has 1 aromatic heterocycles. The van der Waals surface area contributed by atoms with E-state index in [1.807, 2.05) is 0 Å². The van der Waals surface area contributed by atoms with Crippen LogP contribution in [0.2, 0.25) is 0 Å². The van der Waals surface area contributed by atoms with Gasteiger partial charge in [-0.05, 0) is 68.5 Å². The van der Waals surface area contributed by atoms with Crippen LogP contribution in [0.4, 0.5) is 9.59 Å². The number of unbranched alkanes of at least 4 members (excludes halogenated alkanes) is 2. The van der Waals surface area contributed by atoms with E-state index in [1.165, 1.54) is 32.9 Å². The molecule has 0 aliphatic rings. The second-order valence-corrected chi connectivity index (χ2v) is 21.5. The quantitative estimate of drug-likeness (QED) is 0.0310. The first-order chi connectivity index (χ1) is 39.5. The molecule has 10 amide bonds. The van der Waals surface area contributed by atoms with Gasteiger partial charge in [0.1, 0.15) is 53.6 Å². The summed E-state index contributed by atoms with van der Waals surface area (Å²) in [5.41, 5.74) is 6.50. The van der Waals surface area contributed by atoms with Crippen LogP contribution >= 0.6 is 0 Å². The standard InChI is InChI=1S/C55H72N10O18S/c1-6-8-18-37(47(71)62-42(28-44(66)67)51(75)60-39(46(56)70)25-31-15-11-10-12-16-31)58-50(74)41(27-33-30-57-36-20-14-13-17-35(33)36)63-53(77)65-48(72)38(19-9-7-2)59-49(73)40(26-32-21-23-34(24-22-32)83-84(79,80)81)61-52(76)43(29-45(68)69)64-54(78)82-55(3,4)5/h10-17,20-24,30,37-43,57H,6-9,18-19,25-29H2,1-5H3,(H2,56,70)(H,58,74)(H,59,73)(H,60,75)(H,61,76)(H,62,71)(H,64,78)(H,66,67)(H,68,69)(H,79,80,81)(H2,63,65,72,77)/t37-,38-,39-,40-,41-,42-,43-/m0/s1. The van der Waals surface area contributed by atoms with Crippen molar-refractivity contribution in [3.05, 3.63) is 102 Å². The maximum Gasteiger partial charge on any atom is 0.446 e. The molecule has 0 saturated heterocycles. The Kier molecular flexibility index (Phi) is 25.6. The van der Waals surface area contributed by atoms with Crippen molar-refractivity contribution in [1.82, 2.24) is 47.5 Å². The van der Waals surface area contributed by atoms with Crippen LogP contribution in [0, 0.1) is 0 Å². The largest absolute Gasteiger partial charge is 0.481 e. The third-order valence-corrected chi connectivity index (χ3v) is 12.9. The van der Waals surface area contributed by atoms with Gasteiger partial charge in [0.25, 0.3) is 5.91 Å². The average molecular weight is 1190 g/mol. The van der Waals surface area contributed by atoms with Crippen LogP contribution in [0.25, 0.3) is 10.9 Å². The number of aliphatic carboxylic acids is 2. The molecule has 0 bridgehead atoms. The van der Waals surface area contributed by atoms with Crippen molar-refractivity contribution >= 4 is 86.7 Å². The van der Waals surface area contributed by atoms with E-state index in [9.17, 15) is 71.4 Å². The number of nitrogens with one attached hydrogen (secondary N) is 9. The predicted octanol–water partition coefficient (Wildman–Crippen LogP) is 1.70. The molecule has 0 aliphatic heterocycles. The summed E-state index contributed by atoms with van der Waals surface area (Å²) < 4.78 is 41.4. The van der Waals surface area contributed by atoms with Crippen molar-refractivity contribution in [3.63, 3.8) is 0 Å². The van der Waals surface area contributed by atoms with E-state index in [0.29, 0.717) is 41.3 Å². The number of para-hydroxylation sites is 1. The van der Waals surface area contributed by atoms with Crippen molar-refractivity contribution in [2.45, 2.75) is 153 Å². The monoisotopic (exact) mass is 1190 g/mol. The number of H-pyrrole nitrogens is 1. The fourth-order valence-electron chi connectivity index (χ4n) is 8.38. The lowest BCUT2D eigenvalue weighted by Crippen LogP contribution is -2.60. The maximum absolute atomic E-state index is 14.5. The summed E-state index contributed by atoms with van der Waals surface area (Å²) in [7, 11) is -4.94. The Balaban J connectivity index is 1.62. The molecular weight excluding hydrogens is 1120 g/mol. The van der Waals surface area contributed by atoms with Crippen LogP contribution in [-0.2, 0) is 77.5 Å². The number of rotatable bonds is 32. The van der Waals surface area contributed by atoms with E-state index >= 15 is 0 Å². The van der Waals surface area contributed by atoms with E-state index in [4.69, 9.17) is 15.0 Å². The topological polar surface area (TPSA) is 439 Å². The van der Waals surface area contributed by atoms with Gasteiger partial charge < -0.3 is 67.1 Å². The number of urea groups is 1. The van der Waals surface area contributed by atoms with Gasteiger partial charge in [0.05, 0.1) is 12.8 Å². The van der Waals surface area contributed by atoms with Gasteiger partial charge in [0, 0.05) is 36.4 Å². The molecule has 28 nitrogen and oxygen atoms in total. The number of carboxylic acids is 2. The number of carbonyl (C=O) groups is 11. The van der Waals surface area contributed by atoms with Crippen molar-refractivity contribution in [2.24, 2.45) is 5.73 Å². The number of hydrogen-bond donors (Lipinski definition) is 13. The summed E-state index contributed by atoms with van der Waals surface area (Å²) >= 11 is 0.